The molecule has 0 amide bonds. The van der Waals surface area contributed by atoms with Gasteiger partial charge < -0.3 is 20.2 Å². The summed E-state index contributed by atoms with van der Waals surface area (Å²) in [6, 6.07) is 1.77. The Morgan fingerprint density at radius 3 is 3.06 bits per heavy atom. The van der Waals surface area contributed by atoms with Crippen LogP contribution in [0, 0.1) is 0 Å². The number of nitrogens with one attached hydrogen (secondary N) is 1. The van der Waals surface area contributed by atoms with E-state index in [2.05, 4.69) is 10.1 Å². The van der Waals surface area contributed by atoms with Crippen LogP contribution >= 0.6 is 0 Å². The molecule has 3 N–H and O–H groups in total. The van der Waals surface area contributed by atoms with Gasteiger partial charge in [-0.25, -0.2) is 4.79 Å². The second-order valence-electron chi connectivity index (χ2n) is 3.44. The number of ether oxygens (including phenoxy) is 1. The Balaban J connectivity index is 2.36. The highest BCUT2D eigenvalue weighted by atomic mass is 16.5. The van der Waals surface area contributed by atoms with Crippen LogP contribution in [0.15, 0.2) is 16.7 Å². The number of esters is 1. The Kier molecular flexibility index (Phi) is 5.60. The van der Waals surface area contributed by atoms with Crippen LogP contribution < -0.4 is 11.1 Å². The number of unbranched alkanes of at least 4 members (excludes halogenated alkanes) is 1. The van der Waals surface area contributed by atoms with Crippen LogP contribution in [-0.4, -0.2) is 26.2 Å². The van der Waals surface area contributed by atoms with Crippen molar-refractivity contribution in [3.8, 4) is 0 Å². The van der Waals surface area contributed by atoms with Gasteiger partial charge in [-0.15, -0.1) is 0 Å². The summed E-state index contributed by atoms with van der Waals surface area (Å²) in [4.78, 5) is 11.3. The highest BCUT2D eigenvalue weighted by molar-refractivity contribution is 5.87. The first-order valence-corrected chi connectivity index (χ1v) is 5.35. The van der Waals surface area contributed by atoms with Gasteiger partial charge in [0.1, 0.15) is 0 Å². The molecule has 1 aromatic heterocycles. The lowest BCUT2D eigenvalue weighted by atomic mass is 10.2. The van der Waals surface area contributed by atoms with Crippen LogP contribution in [0.5, 0.6) is 0 Å². The van der Waals surface area contributed by atoms with E-state index in [1.165, 1.54) is 13.4 Å². The SMILES string of the molecule is COC(=O)c1occc1CNCCCCN. The first-order valence-electron chi connectivity index (χ1n) is 5.35. The summed E-state index contributed by atoms with van der Waals surface area (Å²) < 4.78 is 9.66. The fraction of sp³-hybridized carbons (Fsp3) is 0.545. The van der Waals surface area contributed by atoms with Crippen molar-refractivity contribution in [1.82, 2.24) is 5.32 Å². The molecular formula is C11H18N2O3. The zero-order chi connectivity index (χ0) is 11.8. The van der Waals surface area contributed by atoms with Crippen molar-refractivity contribution in [3.63, 3.8) is 0 Å². The predicted molar refractivity (Wildman–Crippen MR) is 60.0 cm³/mol. The van der Waals surface area contributed by atoms with Gasteiger partial charge in [0.2, 0.25) is 5.76 Å². The van der Waals surface area contributed by atoms with Crippen LogP contribution in [-0.2, 0) is 11.3 Å². The average Bonchev–Trinajstić information content (AvgIpc) is 2.76. The molecule has 0 saturated heterocycles. The molecule has 5 nitrogen and oxygen atoms in total. The number of rotatable bonds is 7. The van der Waals surface area contributed by atoms with Gasteiger partial charge in [0.15, 0.2) is 0 Å². The quantitative estimate of drug-likeness (QED) is 0.533. The van der Waals surface area contributed by atoms with Crippen LogP contribution in [0.25, 0.3) is 0 Å². The first-order chi connectivity index (χ1) is 7.79. The Morgan fingerprint density at radius 2 is 2.38 bits per heavy atom. The molecule has 0 unspecified atom stereocenters. The minimum atomic E-state index is -0.441. The largest absolute Gasteiger partial charge is 0.463 e. The fourth-order valence-electron chi connectivity index (χ4n) is 1.36. The molecule has 1 rings (SSSR count). The van der Waals surface area contributed by atoms with Gasteiger partial charge in [-0.3, -0.25) is 0 Å². The van der Waals surface area contributed by atoms with Gasteiger partial charge in [-0.1, -0.05) is 0 Å². The number of methoxy groups -OCH3 is 1. The van der Waals surface area contributed by atoms with Crippen LogP contribution in [0.2, 0.25) is 0 Å². The van der Waals surface area contributed by atoms with Gasteiger partial charge in [0.05, 0.1) is 13.4 Å². The van der Waals surface area contributed by atoms with E-state index >= 15 is 0 Å². The molecule has 0 radical (unpaired) electrons. The fourth-order valence-corrected chi connectivity index (χ4v) is 1.36. The predicted octanol–water partition coefficient (Wildman–Crippen LogP) is 0.895. The summed E-state index contributed by atoms with van der Waals surface area (Å²) in [5.74, 6) is -0.169. The van der Waals surface area contributed by atoms with E-state index < -0.39 is 5.97 Å². The third-order valence-electron chi connectivity index (χ3n) is 2.24. The molecule has 1 aromatic rings. The molecule has 0 spiro atoms. The molecule has 0 aliphatic heterocycles. The molecule has 90 valence electrons. The normalized spacial score (nSPS) is 10.4. The Hall–Kier alpha value is -1.33. The average molecular weight is 226 g/mol. The molecule has 5 heteroatoms. The summed E-state index contributed by atoms with van der Waals surface area (Å²) in [6.45, 7) is 2.19. The van der Waals surface area contributed by atoms with E-state index in [1.807, 2.05) is 0 Å². The molecule has 0 bridgehead atoms. The number of hydrogen-bond donors (Lipinski definition) is 2. The van der Waals surface area contributed by atoms with Crippen molar-refractivity contribution >= 4 is 5.97 Å². The van der Waals surface area contributed by atoms with Gasteiger partial charge in [-0.05, 0) is 32.0 Å². The third kappa shape index (κ3) is 3.67. The summed E-state index contributed by atoms with van der Waals surface area (Å²) in [5.41, 5.74) is 6.20. The van der Waals surface area contributed by atoms with Crippen molar-refractivity contribution in [1.29, 1.82) is 0 Å². The molecule has 0 aliphatic carbocycles. The topological polar surface area (TPSA) is 77.5 Å². The lowest BCUT2D eigenvalue weighted by Crippen LogP contribution is -2.17. The van der Waals surface area contributed by atoms with E-state index in [0.717, 1.165) is 24.9 Å². The number of nitrogens with two attached hydrogens (primary N) is 1. The van der Waals surface area contributed by atoms with Gasteiger partial charge in [0.25, 0.3) is 0 Å². The lowest BCUT2D eigenvalue weighted by Gasteiger charge is -2.03. The van der Waals surface area contributed by atoms with Crippen molar-refractivity contribution in [3.05, 3.63) is 23.7 Å². The standard InChI is InChI=1S/C11H18N2O3/c1-15-11(14)10-9(4-7-16-10)8-13-6-3-2-5-12/h4,7,13H,2-3,5-6,8,12H2,1H3. The lowest BCUT2D eigenvalue weighted by molar-refractivity contribution is 0.0563. The Bertz CT molecular complexity index is 323. The van der Waals surface area contributed by atoms with Gasteiger partial charge in [0, 0.05) is 12.1 Å². The maximum atomic E-state index is 11.3. The monoisotopic (exact) mass is 226 g/mol. The smallest absolute Gasteiger partial charge is 0.374 e. The summed E-state index contributed by atoms with van der Waals surface area (Å²) in [5, 5.41) is 3.22. The molecule has 16 heavy (non-hydrogen) atoms. The number of carbonyl (C=O) groups excluding carboxylic acids is 1. The third-order valence-corrected chi connectivity index (χ3v) is 2.24. The maximum Gasteiger partial charge on any atom is 0.374 e. The zero-order valence-electron chi connectivity index (χ0n) is 9.49. The maximum absolute atomic E-state index is 11.3. The molecule has 0 aromatic carbocycles. The molecule has 0 aliphatic rings. The molecule has 0 saturated carbocycles. The highest BCUT2D eigenvalue weighted by Crippen LogP contribution is 2.11. The number of furan rings is 1. The Morgan fingerprint density at radius 1 is 1.56 bits per heavy atom. The van der Waals surface area contributed by atoms with Gasteiger partial charge in [-0.2, -0.15) is 0 Å². The van der Waals surface area contributed by atoms with Crippen LogP contribution in [0.4, 0.5) is 0 Å². The second-order valence-corrected chi connectivity index (χ2v) is 3.44. The first kappa shape index (κ1) is 12.7. The molecule has 1 heterocycles. The summed E-state index contributed by atoms with van der Waals surface area (Å²) in [6.07, 6.45) is 3.52. The van der Waals surface area contributed by atoms with Crippen LogP contribution in [0.3, 0.4) is 0 Å². The second kappa shape index (κ2) is 7.03. The minimum Gasteiger partial charge on any atom is -0.463 e. The minimum absolute atomic E-state index is 0.272. The van der Waals surface area contributed by atoms with E-state index in [0.29, 0.717) is 13.1 Å². The Labute approximate surface area is 94.9 Å². The summed E-state index contributed by atoms with van der Waals surface area (Å²) in [7, 11) is 1.34. The number of hydrogen-bond acceptors (Lipinski definition) is 5. The van der Waals surface area contributed by atoms with Crippen molar-refractivity contribution in [2.45, 2.75) is 19.4 Å². The molecule has 0 atom stereocenters. The van der Waals surface area contributed by atoms with E-state index in [4.69, 9.17) is 10.2 Å². The van der Waals surface area contributed by atoms with Gasteiger partial charge >= 0.3 is 5.97 Å². The summed E-state index contributed by atoms with van der Waals surface area (Å²) >= 11 is 0. The van der Waals surface area contributed by atoms with E-state index in [9.17, 15) is 4.79 Å². The van der Waals surface area contributed by atoms with E-state index in [1.54, 1.807) is 6.07 Å². The zero-order valence-corrected chi connectivity index (χ0v) is 9.49. The molecule has 0 fully saturated rings. The van der Waals surface area contributed by atoms with Crippen LogP contribution in [0.1, 0.15) is 29.0 Å². The van der Waals surface area contributed by atoms with Crippen molar-refractivity contribution in [2.24, 2.45) is 5.73 Å². The highest BCUT2D eigenvalue weighted by Gasteiger charge is 2.14. The number of carbonyl (C=O) groups is 1. The van der Waals surface area contributed by atoms with Crippen molar-refractivity contribution < 1.29 is 13.9 Å². The molecular weight excluding hydrogens is 208 g/mol. The van der Waals surface area contributed by atoms with E-state index in [-0.39, 0.29) is 5.76 Å². The van der Waals surface area contributed by atoms with Crippen molar-refractivity contribution in [2.75, 3.05) is 20.2 Å².